The Morgan fingerprint density at radius 1 is 0.310 bits per heavy atom. The molecule has 0 N–H and O–H groups in total. The van der Waals surface area contributed by atoms with Crippen LogP contribution in [0.25, 0.3) is 0 Å². The number of esters is 2. The predicted octanol–water partition coefficient (Wildman–Crippen LogP) is 6.34. The first-order valence-corrected chi connectivity index (χ1v) is 9.29. The monoisotopic (exact) mass is 676 g/mol. The fourth-order valence-electron chi connectivity index (χ4n) is 3.12. The molecule has 2 aliphatic rings. The lowest BCUT2D eigenvalue weighted by molar-refractivity contribution is -0.517. The van der Waals surface area contributed by atoms with Crippen molar-refractivity contribution in [3.63, 3.8) is 0 Å². The van der Waals surface area contributed by atoms with E-state index in [9.17, 15) is 106 Å². The summed E-state index contributed by atoms with van der Waals surface area (Å²) in [5.41, 5.74) is 0. The summed E-state index contributed by atoms with van der Waals surface area (Å²) in [6.45, 7) is 0. The highest BCUT2D eigenvalue weighted by atomic mass is 19.4. The van der Waals surface area contributed by atoms with Crippen molar-refractivity contribution in [2.24, 2.45) is 0 Å². The highest BCUT2D eigenvalue weighted by Gasteiger charge is 3.04. The number of hydrogen-bond acceptors (Lipinski definition) is 4. The normalized spacial score (nSPS) is 31.1. The number of carbonyl (C=O) groups excluding carboxylic acids is 2. The molecule has 0 bridgehead atoms. The summed E-state index contributed by atoms with van der Waals surface area (Å²) >= 11 is 0. The van der Waals surface area contributed by atoms with E-state index in [1.807, 2.05) is 0 Å². The van der Waals surface area contributed by atoms with E-state index in [-0.39, 0.29) is 0 Å². The van der Waals surface area contributed by atoms with Crippen LogP contribution in [0.2, 0.25) is 0 Å². The predicted molar refractivity (Wildman–Crippen MR) is 78.5 cm³/mol. The second kappa shape index (κ2) is 8.40. The Bertz CT molecular complexity index is 1030. The van der Waals surface area contributed by atoms with Crippen molar-refractivity contribution in [3.05, 3.63) is 12.2 Å². The average molecular weight is 676 g/mol. The highest BCUT2D eigenvalue weighted by Crippen LogP contribution is 2.71. The summed E-state index contributed by atoms with van der Waals surface area (Å²) in [7, 11) is 0. The summed E-state index contributed by atoms with van der Waals surface area (Å²) in [5.74, 6) is -101. The molecule has 244 valence electrons. The van der Waals surface area contributed by atoms with E-state index in [0.717, 1.165) is 0 Å². The third kappa shape index (κ3) is 3.36. The minimum absolute atomic E-state index is 1.49. The van der Waals surface area contributed by atoms with Crippen molar-refractivity contribution in [2.45, 2.75) is 70.9 Å². The summed E-state index contributed by atoms with van der Waals surface area (Å²) in [4.78, 5) is 22.5. The molecule has 0 heterocycles. The minimum atomic E-state index is -7.86. The van der Waals surface area contributed by atoms with Crippen molar-refractivity contribution in [2.75, 3.05) is 0 Å². The highest BCUT2D eigenvalue weighted by molar-refractivity contribution is 5.92. The number of alkyl halides is 22. The molecule has 2 aliphatic carbocycles. The number of halogens is 22. The Labute approximate surface area is 212 Å². The molecule has 0 aromatic rings. The van der Waals surface area contributed by atoms with Crippen LogP contribution in [-0.2, 0) is 19.1 Å². The summed E-state index contributed by atoms with van der Waals surface area (Å²) in [5, 5.41) is 0. The molecule has 26 heteroatoms. The maximum atomic E-state index is 14.2. The van der Waals surface area contributed by atoms with Crippen molar-refractivity contribution in [1.29, 1.82) is 0 Å². The quantitative estimate of drug-likeness (QED) is 0.198. The van der Waals surface area contributed by atoms with Crippen LogP contribution in [0.4, 0.5) is 96.6 Å². The molecule has 0 spiro atoms. The van der Waals surface area contributed by atoms with E-state index in [1.165, 1.54) is 0 Å². The van der Waals surface area contributed by atoms with Gasteiger partial charge in [-0.15, -0.1) is 0 Å². The topological polar surface area (TPSA) is 52.6 Å². The van der Waals surface area contributed by atoms with E-state index in [4.69, 9.17) is 0 Å². The molecule has 0 amide bonds. The zero-order valence-electron chi connectivity index (χ0n) is 18.1. The van der Waals surface area contributed by atoms with Gasteiger partial charge in [-0.3, -0.25) is 0 Å². The van der Waals surface area contributed by atoms with Crippen LogP contribution in [0, 0.1) is 0 Å². The third-order valence-electron chi connectivity index (χ3n) is 5.61. The lowest BCUT2D eigenvalue weighted by Gasteiger charge is -2.51. The van der Waals surface area contributed by atoms with Gasteiger partial charge in [-0.1, -0.05) is 0 Å². The number of hydrogen-bond donors (Lipinski definition) is 0. The maximum Gasteiger partial charge on any atom is 0.391 e. The zero-order valence-corrected chi connectivity index (χ0v) is 18.1. The molecule has 0 aromatic heterocycles. The van der Waals surface area contributed by atoms with Crippen molar-refractivity contribution in [1.82, 2.24) is 0 Å². The molecular formula is C16H2F22O4. The van der Waals surface area contributed by atoms with Crippen molar-refractivity contribution >= 4 is 11.9 Å². The Morgan fingerprint density at radius 3 is 0.619 bits per heavy atom. The molecule has 0 atom stereocenters. The molecular weight excluding hydrogens is 674 g/mol. The summed E-state index contributed by atoms with van der Waals surface area (Å²) < 4.78 is 301. The Kier molecular flexibility index (Phi) is 7.07. The first kappa shape index (κ1) is 35.3. The molecule has 2 fully saturated rings. The molecule has 4 nitrogen and oxygen atoms in total. The molecule has 0 aliphatic heterocycles. The lowest BCUT2D eigenvalue weighted by Crippen LogP contribution is -2.84. The average Bonchev–Trinajstić information content (AvgIpc) is 2.79. The number of carbonyl (C=O) groups is 2. The van der Waals surface area contributed by atoms with E-state index < -0.39 is 95.0 Å². The van der Waals surface area contributed by atoms with Gasteiger partial charge in [0.15, 0.2) is 0 Å². The van der Waals surface area contributed by atoms with Gasteiger partial charge in [-0.2, -0.15) is 96.6 Å². The van der Waals surface area contributed by atoms with E-state index in [2.05, 4.69) is 9.47 Å². The molecule has 2 rings (SSSR count). The van der Waals surface area contributed by atoms with Gasteiger partial charge < -0.3 is 9.47 Å². The van der Waals surface area contributed by atoms with Crippen LogP contribution in [0.3, 0.4) is 0 Å². The van der Waals surface area contributed by atoms with Crippen LogP contribution < -0.4 is 0 Å². The minimum Gasteiger partial charge on any atom is -0.413 e. The second-order valence-corrected chi connectivity index (χ2v) is 8.11. The van der Waals surface area contributed by atoms with E-state index >= 15 is 0 Å². The lowest BCUT2D eigenvalue weighted by atomic mass is 9.78. The van der Waals surface area contributed by atoms with Crippen LogP contribution in [0.1, 0.15) is 0 Å². The Hall–Kier alpha value is -2.86. The Morgan fingerprint density at radius 2 is 0.452 bits per heavy atom. The van der Waals surface area contributed by atoms with Gasteiger partial charge in [0.1, 0.15) is 0 Å². The molecule has 2 saturated carbocycles. The van der Waals surface area contributed by atoms with Crippen LogP contribution in [0.5, 0.6) is 0 Å². The molecule has 42 heavy (non-hydrogen) atoms. The van der Waals surface area contributed by atoms with Gasteiger partial charge in [0.05, 0.1) is 0 Å². The smallest absolute Gasteiger partial charge is 0.391 e. The Balaban J connectivity index is 2.49. The van der Waals surface area contributed by atoms with E-state index in [0.29, 0.717) is 0 Å². The van der Waals surface area contributed by atoms with Crippen LogP contribution in [0.15, 0.2) is 12.2 Å². The molecule has 0 unspecified atom stereocenters. The molecule has 0 saturated heterocycles. The fourth-order valence-corrected chi connectivity index (χ4v) is 3.12. The number of ether oxygens (including phenoxy) is 2. The van der Waals surface area contributed by atoms with Gasteiger partial charge in [0.25, 0.3) is 0 Å². The fraction of sp³-hybridized carbons (Fsp3) is 0.750. The molecule has 0 radical (unpaired) electrons. The first-order valence-electron chi connectivity index (χ1n) is 9.29. The van der Waals surface area contributed by atoms with Gasteiger partial charge in [-0.25, -0.2) is 9.59 Å². The maximum absolute atomic E-state index is 14.2. The standard InChI is InChI=1S/C16H2F22O4/c17-5(18)7(21,22)11(29,30)15(37,12(31,32)8(5,23)24)41-3(39)1-2-4(40)42-16(38)13(33,34)9(25,26)6(19,20)10(27,28)14(16,35)36/h1-2H/b2-1+. The summed E-state index contributed by atoms with van der Waals surface area (Å²) in [6.07, 6.45) is -2.99. The van der Waals surface area contributed by atoms with Crippen molar-refractivity contribution in [3.8, 4) is 0 Å². The van der Waals surface area contributed by atoms with E-state index in [1.54, 1.807) is 0 Å². The third-order valence-corrected chi connectivity index (χ3v) is 5.61. The van der Waals surface area contributed by atoms with Crippen LogP contribution in [-0.4, -0.2) is 82.9 Å². The molecule has 0 aromatic carbocycles. The van der Waals surface area contributed by atoms with Gasteiger partial charge in [-0.05, 0) is 0 Å². The van der Waals surface area contributed by atoms with Crippen LogP contribution >= 0.6 is 0 Å². The van der Waals surface area contributed by atoms with Gasteiger partial charge in [0.2, 0.25) is 0 Å². The SMILES string of the molecule is O=C(/C=C/C(=O)OC1(F)C(F)(F)C(F)(F)C(F)(F)C(F)(F)C1(F)F)OC1(F)C(F)(F)C(F)(F)C(F)(F)C(F)(F)C1(F)F. The summed E-state index contributed by atoms with van der Waals surface area (Å²) in [6, 6.07) is 0. The largest absolute Gasteiger partial charge is 0.413 e. The van der Waals surface area contributed by atoms with Gasteiger partial charge in [0, 0.05) is 12.2 Å². The van der Waals surface area contributed by atoms with Crippen molar-refractivity contribution < 1.29 is 116 Å². The first-order chi connectivity index (χ1) is 18.0. The number of rotatable bonds is 4. The zero-order chi connectivity index (χ0) is 34.0. The van der Waals surface area contributed by atoms with Gasteiger partial charge >= 0.3 is 82.9 Å². The second-order valence-electron chi connectivity index (χ2n) is 8.11.